The minimum atomic E-state index is -0.467. The zero-order chi connectivity index (χ0) is 24.1. The number of halogens is 1. The van der Waals surface area contributed by atoms with Crippen LogP contribution in [0.15, 0.2) is 78.0 Å². The van der Waals surface area contributed by atoms with Gasteiger partial charge >= 0.3 is 0 Å². The number of aromatic nitrogens is 3. The van der Waals surface area contributed by atoms with E-state index in [2.05, 4.69) is 15.5 Å². The second-order valence-electron chi connectivity index (χ2n) is 7.47. The van der Waals surface area contributed by atoms with E-state index in [1.807, 2.05) is 47.0 Å². The number of aryl methyl sites for hydroxylation is 1. The first-order valence-corrected chi connectivity index (χ1v) is 11.7. The van der Waals surface area contributed by atoms with Gasteiger partial charge in [0.25, 0.3) is 5.69 Å². The molecule has 0 saturated carbocycles. The zero-order valence-electron chi connectivity index (χ0n) is 18.1. The number of hydrogen-bond donors (Lipinski definition) is 1. The van der Waals surface area contributed by atoms with Crippen LogP contribution in [0, 0.1) is 17.0 Å². The van der Waals surface area contributed by atoms with Crippen LogP contribution in [0.5, 0.6) is 0 Å². The number of nitro groups is 1. The highest BCUT2D eigenvalue weighted by Gasteiger charge is 2.17. The Morgan fingerprint density at radius 3 is 2.50 bits per heavy atom. The summed E-state index contributed by atoms with van der Waals surface area (Å²) in [5.41, 5.74) is 3.05. The molecule has 0 radical (unpaired) electrons. The summed E-state index contributed by atoms with van der Waals surface area (Å²) in [5.74, 6) is 0.577. The van der Waals surface area contributed by atoms with Gasteiger partial charge in [-0.1, -0.05) is 53.7 Å². The molecule has 0 unspecified atom stereocenters. The molecule has 0 aliphatic heterocycles. The predicted octanol–water partition coefficient (Wildman–Crippen LogP) is 5.46. The molecule has 1 amide bonds. The third-order valence-corrected chi connectivity index (χ3v) is 6.20. The third-order valence-electron chi connectivity index (χ3n) is 5.02. The molecule has 8 nitrogen and oxygen atoms in total. The number of carbonyl (C=O) groups excluding carboxylic acids is 1. The van der Waals surface area contributed by atoms with Gasteiger partial charge in [0.2, 0.25) is 5.91 Å². The molecular formula is C24H20ClN5O3S. The number of benzene rings is 3. The number of carbonyl (C=O) groups is 1. The van der Waals surface area contributed by atoms with Crippen LogP contribution >= 0.6 is 23.4 Å². The van der Waals surface area contributed by atoms with Crippen molar-refractivity contribution in [3.63, 3.8) is 0 Å². The van der Waals surface area contributed by atoms with Crippen LogP contribution in [0.25, 0.3) is 5.69 Å². The fourth-order valence-electron chi connectivity index (χ4n) is 3.35. The lowest BCUT2D eigenvalue weighted by Crippen LogP contribution is -2.15. The van der Waals surface area contributed by atoms with Gasteiger partial charge in [0.15, 0.2) is 5.16 Å². The van der Waals surface area contributed by atoms with Crippen LogP contribution in [0.1, 0.15) is 17.0 Å². The Morgan fingerprint density at radius 1 is 1.09 bits per heavy atom. The van der Waals surface area contributed by atoms with Gasteiger partial charge in [-0.25, -0.2) is 0 Å². The van der Waals surface area contributed by atoms with Crippen molar-refractivity contribution >= 4 is 40.6 Å². The van der Waals surface area contributed by atoms with E-state index in [9.17, 15) is 14.9 Å². The standard InChI is InChI=1S/C24H20ClN5O3S/c1-16-13-20(30(32)33)11-12-21(16)26-23(31)15-34-24-28-27-22(14-17-5-3-2-4-6-17)29(24)19-9-7-18(25)8-10-19/h2-13H,14-15H2,1H3,(H,26,31). The Balaban J connectivity index is 1.52. The van der Waals surface area contributed by atoms with Crippen molar-refractivity contribution < 1.29 is 9.72 Å². The van der Waals surface area contributed by atoms with Crippen LogP contribution < -0.4 is 5.32 Å². The minimum Gasteiger partial charge on any atom is -0.325 e. The number of nitrogens with one attached hydrogen (secondary N) is 1. The fraction of sp³-hybridized carbons (Fsp3) is 0.125. The molecule has 0 spiro atoms. The molecule has 0 bridgehead atoms. The highest BCUT2D eigenvalue weighted by atomic mass is 35.5. The van der Waals surface area contributed by atoms with Gasteiger partial charge in [0.1, 0.15) is 5.82 Å². The van der Waals surface area contributed by atoms with E-state index in [0.717, 1.165) is 17.1 Å². The summed E-state index contributed by atoms with van der Waals surface area (Å²) in [4.78, 5) is 23.1. The van der Waals surface area contributed by atoms with E-state index in [1.165, 1.54) is 30.0 Å². The first-order valence-electron chi connectivity index (χ1n) is 10.3. The highest BCUT2D eigenvalue weighted by Crippen LogP contribution is 2.26. The summed E-state index contributed by atoms with van der Waals surface area (Å²) < 4.78 is 1.92. The average Bonchev–Trinajstić information content (AvgIpc) is 3.22. The van der Waals surface area contributed by atoms with E-state index in [0.29, 0.717) is 27.9 Å². The Bertz CT molecular complexity index is 1330. The molecule has 1 heterocycles. The maximum Gasteiger partial charge on any atom is 0.269 e. The average molecular weight is 494 g/mol. The third kappa shape index (κ3) is 5.62. The van der Waals surface area contributed by atoms with Gasteiger partial charge in [0.05, 0.1) is 10.7 Å². The number of non-ortho nitro benzene ring substituents is 1. The lowest BCUT2D eigenvalue weighted by atomic mass is 10.1. The molecule has 34 heavy (non-hydrogen) atoms. The molecule has 0 fully saturated rings. The maximum absolute atomic E-state index is 12.6. The van der Waals surface area contributed by atoms with Crippen LogP contribution in [0.3, 0.4) is 0 Å². The Labute approximate surface area is 205 Å². The lowest BCUT2D eigenvalue weighted by molar-refractivity contribution is -0.384. The van der Waals surface area contributed by atoms with E-state index in [4.69, 9.17) is 11.6 Å². The van der Waals surface area contributed by atoms with Gasteiger partial charge in [-0.3, -0.25) is 19.5 Å². The SMILES string of the molecule is Cc1cc([N+](=O)[O-])ccc1NC(=O)CSc1nnc(Cc2ccccc2)n1-c1ccc(Cl)cc1. The quantitative estimate of drug-likeness (QED) is 0.198. The molecular weight excluding hydrogens is 474 g/mol. The monoisotopic (exact) mass is 493 g/mol. The summed E-state index contributed by atoms with van der Waals surface area (Å²) in [6.45, 7) is 1.71. The van der Waals surface area contributed by atoms with Gasteiger partial charge in [-0.15, -0.1) is 10.2 Å². The van der Waals surface area contributed by atoms with E-state index in [-0.39, 0.29) is 17.3 Å². The van der Waals surface area contributed by atoms with Gasteiger partial charge in [-0.05, 0) is 48.4 Å². The molecule has 0 saturated heterocycles. The molecule has 0 aliphatic rings. The Kier molecular flexibility index (Phi) is 7.24. The minimum absolute atomic E-state index is 0.0214. The maximum atomic E-state index is 12.6. The number of thioether (sulfide) groups is 1. The topological polar surface area (TPSA) is 103 Å². The van der Waals surface area contributed by atoms with Crippen molar-refractivity contribution in [2.75, 3.05) is 11.1 Å². The lowest BCUT2D eigenvalue weighted by Gasteiger charge is -2.11. The van der Waals surface area contributed by atoms with Gasteiger partial charge in [0, 0.05) is 35.0 Å². The summed E-state index contributed by atoms with van der Waals surface area (Å²) >= 11 is 7.32. The van der Waals surface area contributed by atoms with Crippen LogP contribution in [-0.4, -0.2) is 31.3 Å². The van der Waals surface area contributed by atoms with Crippen LogP contribution in [0.4, 0.5) is 11.4 Å². The summed E-state index contributed by atoms with van der Waals surface area (Å²) in [6, 6.07) is 21.6. The second-order valence-corrected chi connectivity index (χ2v) is 8.85. The molecule has 3 aromatic carbocycles. The first kappa shape index (κ1) is 23.5. The highest BCUT2D eigenvalue weighted by molar-refractivity contribution is 7.99. The summed E-state index contributed by atoms with van der Waals surface area (Å²) in [5, 5.41) is 23.6. The molecule has 172 valence electrons. The van der Waals surface area contributed by atoms with Crippen LogP contribution in [0.2, 0.25) is 5.02 Å². The van der Waals surface area contributed by atoms with Gasteiger partial charge in [-0.2, -0.15) is 0 Å². The Morgan fingerprint density at radius 2 is 1.82 bits per heavy atom. The fourth-order valence-corrected chi connectivity index (χ4v) is 4.25. The number of hydrogen-bond acceptors (Lipinski definition) is 6. The summed E-state index contributed by atoms with van der Waals surface area (Å²) in [7, 11) is 0. The van der Waals surface area contributed by atoms with Crippen molar-refractivity contribution in [1.82, 2.24) is 14.8 Å². The Hall–Kier alpha value is -3.69. The second kappa shape index (κ2) is 10.5. The van der Waals surface area contributed by atoms with Crippen molar-refractivity contribution in [3.05, 3.63) is 105 Å². The van der Waals surface area contributed by atoms with Crippen molar-refractivity contribution in [2.45, 2.75) is 18.5 Å². The number of nitro benzene ring substituents is 1. The van der Waals surface area contributed by atoms with E-state index < -0.39 is 4.92 Å². The molecule has 0 atom stereocenters. The van der Waals surface area contributed by atoms with Crippen molar-refractivity contribution in [2.24, 2.45) is 0 Å². The normalized spacial score (nSPS) is 10.8. The smallest absolute Gasteiger partial charge is 0.269 e. The van der Waals surface area contributed by atoms with E-state index >= 15 is 0 Å². The number of amides is 1. The van der Waals surface area contributed by atoms with Crippen molar-refractivity contribution in [3.8, 4) is 5.69 Å². The van der Waals surface area contributed by atoms with E-state index in [1.54, 1.807) is 19.1 Å². The molecule has 4 aromatic rings. The number of rotatable bonds is 8. The molecule has 4 rings (SSSR count). The van der Waals surface area contributed by atoms with Crippen LogP contribution in [-0.2, 0) is 11.2 Å². The predicted molar refractivity (Wildman–Crippen MR) is 133 cm³/mol. The molecule has 0 aliphatic carbocycles. The van der Waals surface area contributed by atoms with Gasteiger partial charge < -0.3 is 5.32 Å². The number of nitrogens with zero attached hydrogens (tertiary/aromatic N) is 4. The first-order chi connectivity index (χ1) is 16.4. The number of anilines is 1. The zero-order valence-corrected chi connectivity index (χ0v) is 19.7. The molecule has 1 aromatic heterocycles. The largest absolute Gasteiger partial charge is 0.325 e. The molecule has 1 N–H and O–H groups in total. The molecule has 10 heteroatoms. The van der Waals surface area contributed by atoms with Crippen molar-refractivity contribution in [1.29, 1.82) is 0 Å². The summed E-state index contributed by atoms with van der Waals surface area (Å²) in [6.07, 6.45) is 0.575.